The van der Waals surface area contributed by atoms with Crippen molar-refractivity contribution >= 4 is 0 Å². The van der Waals surface area contributed by atoms with Gasteiger partial charge in [-0.15, -0.1) is 0 Å². The van der Waals surface area contributed by atoms with Crippen LogP contribution in [0.2, 0.25) is 0 Å². The number of aliphatic hydroxyl groups is 1. The van der Waals surface area contributed by atoms with Crippen LogP contribution in [0.1, 0.15) is 12.8 Å². The van der Waals surface area contributed by atoms with Crippen molar-refractivity contribution < 1.29 is 5.11 Å². The summed E-state index contributed by atoms with van der Waals surface area (Å²) in [6.07, 6.45) is 2.16. The molecule has 44 valence electrons. The molecule has 2 fully saturated rings. The minimum atomic E-state index is -0.0347. The van der Waals surface area contributed by atoms with E-state index >= 15 is 0 Å². The molecule has 1 nitrogen and oxygen atoms in total. The lowest BCUT2D eigenvalue weighted by Crippen LogP contribution is -2.03. The van der Waals surface area contributed by atoms with Gasteiger partial charge in [0.05, 0.1) is 6.10 Å². The highest BCUT2D eigenvalue weighted by Crippen LogP contribution is 2.55. The van der Waals surface area contributed by atoms with Crippen LogP contribution in [-0.2, 0) is 0 Å². The molecule has 1 N–H and O–H groups in total. The fourth-order valence-electron chi connectivity index (χ4n) is 1.81. The van der Waals surface area contributed by atoms with Crippen LogP contribution in [0.4, 0.5) is 0 Å². The number of hydrogen-bond donors (Lipinski definition) is 1. The van der Waals surface area contributed by atoms with Gasteiger partial charge in [-0.25, -0.2) is 0 Å². The monoisotopic (exact) mass is 110 g/mol. The van der Waals surface area contributed by atoms with E-state index in [-0.39, 0.29) is 6.10 Å². The molecule has 3 atom stereocenters. The molecule has 2 saturated carbocycles. The van der Waals surface area contributed by atoms with Gasteiger partial charge < -0.3 is 5.11 Å². The molecule has 0 bridgehead atoms. The van der Waals surface area contributed by atoms with Crippen molar-refractivity contribution in [2.75, 3.05) is 0 Å². The molecule has 0 aromatic rings. The maximum absolute atomic E-state index is 9.15. The molecule has 0 aromatic carbocycles. The molecule has 0 spiro atoms. The standard InChI is InChI=1S/C7H10O/c1-4-5-2-3-6(8)7(4)5/h5-8H,1-3H2. The Labute approximate surface area is 49.0 Å². The first-order chi connectivity index (χ1) is 3.80. The van der Waals surface area contributed by atoms with Gasteiger partial charge in [-0.1, -0.05) is 12.2 Å². The van der Waals surface area contributed by atoms with Crippen LogP contribution in [0.25, 0.3) is 0 Å². The third-order valence-electron chi connectivity index (χ3n) is 2.42. The fourth-order valence-corrected chi connectivity index (χ4v) is 1.81. The van der Waals surface area contributed by atoms with Gasteiger partial charge in [0.25, 0.3) is 0 Å². The van der Waals surface area contributed by atoms with Gasteiger partial charge in [-0.05, 0) is 18.8 Å². The largest absolute Gasteiger partial charge is 0.392 e. The molecular formula is C7H10O. The van der Waals surface area contributed by atoms with Gasteiger partial charge in [-0.3, -0.25) is 0 Å². The SMILES string of the molecule is C=C1C2CCC(O)C12. The predicted octanol–water partition coefficient (Wildman–Crippen LogP) is 0.943. The van der Waals surface area contributed by atoms with Gasteiger partial charge in [0.15, 0.2) is 0 Å². The Morgan fingerprint density at radius 1 is 1.50 bits per heavy atom. The molecule has 0 heterocycles. The molecule has 0 amide bonds. The minimum Gasteiger partial charge on any atom is -0.392 e. The highest BCUT2D eigenvalue weighted by molar-refractivity contribution is 5.30. The molecule has 2 rings (SSSR count). The van der Waals surface area contributed by atoms with E-state index in [9.17, 15) is 0 Å². The van der Waals surface area contributed by atoms with E-state index in [4.69, 9.17) is 5.11 Å². The first kappa shape index (κ1) is 4.57. The zero-order valence-electron chi connectivity index (χ0n) is 4.80. The average molecular weight is 110 g/mol. The van der Waals surface area contributed by atoms with E-state index in [1.165, 1.54) is 12.0 Å². The molecule has 2 aliphatic carbocycles. The van der Waals surface area contributed by atoms with E-state index in [1.54, 1.807) is 0 Å². The molecule has 3 unspecified atom stereocenters. The molecule has 1 heteroatoms. The zero-order chi connectivity index (χ0) is 5.72. The molecule has 2 aliphatic rings. The van der Waals surface area contributed by atoms with Crippen molar-refractivity contribution in [3.8, 4) is 0 Å². The van der Waals surface area contributed by atoms with E-state index in [0.717, 1.165) is 6.42 Å². The van der Waals surface area contributed by atoms with Gasteiger partial charge >= 0.3 is 0 Å². The second-order valence-electron chi connectivity index (χ2n) is 2.85. The first-order valence-corrected chi connectivity index (χ1v) is 3.17. The van der Waals surface area contributed by atoms with Crippen LogP contribution < -0.4 is 0 Å². The quantitative estimate of drug-likeness (QED) is 0.460. The van der Waals surface area contributed by atoms with E-state index in [1.807, 2.05) is 0 Å². The Morgan fingerprint density at radius 3 is 2.50 bits per heavy atom. The number of fused-ring (bicyclic) bond motifs is 1. The van der Waals surface area contributed by atoms with Crippen molar-refractivity contribution in [1.82, 2.24) is 0 Å². The van der Waals surface area contributed by atoms with Crippen LogP contribution in [0.5, 0.6) is 0 Å². The van der Waals surface area contributed by atoms with Gasteiger partial charge in [0, 0.05) is 5.92 Å². The maximum Gasteiger partial charge on any atom is 0.0611 e. The third-order valence-corrected chi connectivity index (χ3v) is 2.42. The predicted molar refractivity (Wildman–Crippen MR) is 31.4 cm³/mol. The second-order valence-corrected chi connectivity index (χ2v) is 2.85. The number of hydrogen-bond acceptors (Lipinski definition) is 1. The highest BCUT2D eigenvalue weighted by Gasteiger charge is 2.51. The summed E-state index contributed by atoms with van der Waals surface area (Å²) in [5, 5.41) is 9.15. The van der Waals surface area contributed by atoms with Crippen molar-refractivity contribution in [2.24, 2.45) is 11.8 Å². The Kier molecular flexibility index (Phi) is 0.662. The normalized spacial score (nSPS) is 51.6. The second kappa shape index (κ2) is 1.16. The topological polar surface area (TPSA) is 20.2 Å². The Bertz CT molecular complexity index is 139. The van der Waals surface area contributed by atoms with Crippen LogP contribution in [0.15, 0.2) is 12.2 Å². The van der Waals surface area contributed by atoms with Crippen LogP contribution in [-0.4, -0.2) is 11.2 Å². The lowest BCUT2D eigenvalue weighted by atomic mass is 10.2. The molecular weight excluding hydrogens is 100 g/mol. The summed E-state index contributed by atoms with van der Waals surface area (Å²) in [6, 6.07) is 0. The van der Waals surface area contributed by atoms with Crippen molar-refractivity contribution in [2.45, 2.75) is 18.9 Å². The average Bonchev–Trinajstić information content (AvgIpc) is 2.13. The Hall–Kier alpha value is -0.300. The first-order valence-electron chi connectivity index (χ1n) is 3.17. The van der Waals surface area contributed by atoms with E-state index < -0.39 is 0 Å². The Morgan fingerprint density at radius 2 is 2.25 bits per heavy atom. The summed E-state index contributed by atoms with van der Waals surface area (Å²) in [7, 11) is 0. The summed E-state index contributed by atoms with van der Waals surface area (Å²) < 4.78 is 0. The van der Waals surface area contributed by atoms with E-state index in [2.05, 4.69) is 6.58 Å². The van der Waals surface area contributed by atoms with Crippen LogP contribution in [0.3, 0.4) is 0 Å². The lowest BCUT2D eigenvalue weighted by Gasteiger charge is -1.98. The molecule has 0 saturated heterocycles. The zero-order valence-corrected chi connectivity index (χ0v) is 4.80. The number of rotatable bonds is 0. The third kappa shape index (κ3) is 0.360. The smallest absolute Gasteiger partial charge is 0.0611 e. The Balaban J connectivity index is 2.17. The fraction of sp³-hybridized carbons (Fsp3) is 0.714. The summed E-state index contributed by atoms with van der Waals surface area (Å²) in [4.78, 5) is 0. The summed E-state index contributed by atoms with van der Waals surface area (Å²) in [5.74, 6) is 1.22. The molecule has 0 aromatic heterocycles. The van der Waals surface area contributed by atoms with Crippen LogP contribution in [0, 0.1) is 11.8 Å². The molecule has 8 heavy (non-hydrogen) atoms. The minimum absolute atomic E-state index is 0.0347. The van der Waals surface area contributed by atoms with Gasteiger partial charge in [-0.2, -0.15) is 0 Å². The maximum atomic E-state index is 9.15. The van der Waals surface area contributed by atoms with E-state index in [0.29, 0.717) is 11.8 Å². The summed E-state index contributed by atoms with van der Waals surface area (Å²) >= 11 is 0. The lowest BCUT2D eigenvalue weighted by molar-refractivity contribution is 0.166. The van der Waals surface area contributed by atoms with Crippen molar-refractivity contribution in [3.63, 3.8) is 0 Å². The molecule has 0 radical (unpaired) electrons. The highest BCUT2D eigenvalue weighted by atomic mass is 16.3. The number of aliphatic hydroxyl groups excluding tert-OH is 1. The summed E-state index contributed by atoms with van der Waals surface area (Å²) in [5.41, 5.74) is 1.30. The molecule has 0 aliphatic heterocycles. The van der Waals surface area contributed by atoms with Crippen molar-refractivity contribution in [3.05, 3.63) is 12.2 Å². The van der Waals surface area contributed by atoms with Crippen molar-refractivity contribution in [1.29, 1.82) is 0 Å². The van der Waals surface area contributed by atoms with Gasteiger partial charge in [0.2, 0.25) is 0 Å². The summed E-state index contributed by atoms with van der Waals surface area (Å²) in [6.45, 7) is 3.84. The van der Waals surface area contributed by atoms with Gasteiger partial charge in [0.1, 0.15) is 0 Å². The van der Waals surface area contributed by atoms with Crippen LogP contribution >= 0.6 is 0 Å².